The second-order valence-corrected chi connectivity index (χ2v) is 29.1. The van der Waals surface area contributed by atoms with Crippen LogP contribution < -0.4 is 0 Å². The largest absolute Gasteiger partial charge is 0.464 e. The molecule has 10 aromatic heterocycles. The molecule has 10 heterocycles. The van der Waals surface area contributed by atoms with Crippen LogP contribution in [0.5, 0.6) is 0 Å². The highest BCUT2D eigenvalue weighted by atomic mass is 32.1. The van der Waals surface area contributed by atoms with Crippen molar-refractivity contribution in [3.05, 3.63) is 302 Å². The van der Waals surface area contributed by atoms with Gasteiger partial charge in [0.05, 0.1) is 18.2 Å². The van der Waals surface area contributed by atoms with Crippen LogP contribution in [0, 0.1) is 13.8 Å². The Morgan fingerprint density at radius 1 is 0.287 bits per heavy atom. The Bertz CT molecular complexity index is 6180. The minimum Gasteiger partial charge on any atom is -0.464 e. The van der Waals surface area contributed by atoms with Crippen LogP contribution in [-0.4, -0.2) is 32.8 Å². The number of para-hydroxylation sites is 5. The molecule has 11 heteroatoms. The molecule has 0 saturated carbocycles. The lowest BCUT2D eigenvalue weighted by Gasteiger charge is -2.05. The van der Waals surface area contributed by atoms with Crippen molar-refractivity contribution >= 4 is 120 Å². The standard InChI is InChI=1S/C20H18N2.C20H19NO.C20H19NS.C19H17NO.C18H16N2O/c1-2-13-22-19-9-4-3-7-16(19)17-14-15(10-11-20(17)22)18-8-5-6-12-21-18;2*1-3-12-21-18-7-5-4-6-16(18)17-13-15(9-10-19(17)21)20-11-8-14(2)22-20;1-2-11-20-17-7-4-3-6-15(17)16-13-14(9-10-18(16)20)19-8-5-12-21-19;1-2-10-20-16-6-4-3-5-14(16)15-12-13(7-8-17(15)20)18-19-9-11-21-18/h3-12,14H,2,13H2,1H3;2*4-11,13H,3,12H2,1-2H3;3-10,12-13H,2,11H2,1H3;3-9,11-12H,2,10H2,1H3. The van der Waals surface area contributed by atoms with Crippen molar-refractivity contribution in [3.63, 3.8) is 0 Å². The van der Waals surface area contributed by atoms with Crippen LogP contribution in [0.3, 0.4) is 0 Å². The highest BCUT2D eigenvalue weighted by molar-refractivity contribution is 7.15. The summed E-state index contributed by atoms with van der Waals surface area (Å²) in [6.45, 7) is 20.5. The minimum atomic E-state index is 0.671. The molecule has 0 bridgehead atoms. The van der Waals surface area contributed by atoms with Gasteiger partial charge in [0.25, 0.3) is 0 Å². The number of hydrogen-bond donors (Lipinski definition) is 0. The van der Waals surface area contributed by atoms with Gasteiger partial charge < -0.3 is 36.1 Å². The smallest absolute Gasteiger partial charge is 0.225 e. The van der Waals surface area contributed by atoms with E-state index in [2.05, 4.69) is 305 Å². The quantitative estimate of drug-likeness (QED) is 0.102. The van der Waals surface area contributed by atoms with Gasteiger partial charge in [-0.1, -0.05) is 144 Å². The van der Waals surface area contributed by atoms with Gasteiger partial charge >= 0.3 is 0 Å². The molecule has 0 unspecified atom stereocenters. The summed E-state index contributed by atoms with van der Waals surface area (Å²) in [5, 5.41) is 13.1. The molecule has 0 amide bonds. The Morgan fingerprint density at radius 2 is 0.667 bits per heavy atom. The van der Waals surface area contributed by atoms with Crippen molar-refractivity contribution in [2.75, 3.05) is 0 Å². The molecule has 20 rings (SSSR count). The molecule has 0 aliphatic rings. The molecular weight excluding hydrogens is 1340 g/mol. The van der Waals surface area contributed by atoms with Crippen LogP contribution in [0.2, 0.25) is 0 Å². The average molecular weight is 1430 g/mol. The Hall–Kier alpha value is -12.2. The van der Waals surface area contributed by atoms with Gasteiger partial charge in [0, 0.05) is 180 Å². The van der Waals surface area contributed by atoms with E-state index in [0.29, 0.717) is 5.89 Å². The number of pyridine rings is 1. The Morgan fingerprint density at radius 3 is 1.04 bits per heavy atom. The lowest BCUT2D eigenvalue weighted by atomic mass is 10.1. The normalized spacial score (nSPS) is 11.5. The van der Waals surface area contributed by atoms with Crippen LogP contribution in [0.15, 0.2) is 305 Å². The lowest BCUT2D eigenvalue weighted by molar-refractivity contribution is 0.548. The Labute approximate surface area is 634 Å². The molecule has 0 radical (unpaired) electrons. The molecule has 0 aliphatic carbocycles. The van der Waals surface area contributed by atoms with Crippen molar-refractivity contribution in [3.8, 4) is 55.8 Å². The lowest BCUT2D eigenvalue weighted by Crippen LogP contribution is -1.95. The maximum absolute atomic E-state index is 5.78. The van der Waals surface area contributed by atoms with Crippen molar-refractivity contribution < 1.29 is 13.3 Å². The van der Waals surface area contributed by atoms with E-state index in [1.807, 2.05) is 60.9 Å². The zero-order valence-corrected chi connectivity index (χ0v) is 63.4. The third-order valence-corrected chi connectivity index (χ3v) is 21.6. The second kappa shape index (κ2) is 31.5. The number of fused-ring (bicyclic) bond motifs is 15. The van der Waals surface area contributed by atoms with Gasteiger partial charge in [-0.25, -0.2) is 4.98 Å². The maximum Gasteiger partial charge on any atom is 0.225 e. The zero-order chi connectivity index (χ0) is 73.6. The maximum atomic E-state index is 5.78. The van der Waals surface area contributed by atoms with Crippen LogP contribution in [0.1, 0.15) is 77.4 Å². The van der Waals surface area contributed by atoms with E-state index in [4.69, 9.17) is 13.3 Å². The average Bonchev–Trinajstić information content (AvgIpc) is 1.63. The Balaban J connectivity index is 0.000000103. The molecule has 10 aromatic carbocycles. The number of thiophene rings is 1. The Kier molecular flexibility index (Phi) is 20.4. The highest BCUT2D eigenvalue weighted by Crippen LogP contribution is 2.40. The van der Waals surface area contributed by atoms with E-state index >= 15 is 0 Å². The molecule has 10 nitrogen and oxygen atoms in total. The summed E-state index contributed by atoms with van der Waals surface area (Å²) in [6.07, 6.45) is 12.5. The summed E-state index contributed by atoms with van der Waals surface area (Å²) in [6, 6.07) is 95.0. The number of nitrogens with zero attached hydrogens (tertiary/aromatic N) is 7. The number of aromatic nitrogens is 7. The molecule has 0 atom stereocenters. The topological polar surface area (TPSA) is 89.9 Å². The van der Waals surface area contributed by atoms with E-state index in [1.54, 1.807) is 18.7 Å². The van der Waals surface area contributed by atoms with Crippen molar-refractivity contribution in [1.29, 1.82) is 0 Å². The van der Waals surface area contributed by atoms with E-state index in [1.165, 1.54) is 130 Å². The summed E-state index contributed by atoms with van der Waals surface area (Å²) in [4.78, 5) is 11.4. The first-order valence-corrected chi connectivity index (χ1v) is 39.1. The van der Waals surface area contributed by atoms with Gasteiger partial charge in [0.2, 0.25) is 5.89 Å². The summed E-state index contributed by atoms with van der Waals surface area (Å²) >= 11 is 1.87. The van der Waals surface area contributed by atoms with Gasteiger partial charge in [0.1, 0.15) is 23.5 Å². The number of furan rings is 2. The van der Waals surface area contributed by atoms with E-state index in [-0.39, 0.29) is 0 Å². The molecular formula is C97H89N7O3S. The fourth-order valence-corrected chi connectivity index (χ4v) is 16.7. The van der Waals surface area contributed by atoms with Crippen LogP contribution >= 0.6 is 11.3 Å². The molecule has 536 valence electrons. The third-order valence-electron chi connectivity index (χ3n) is 20.6. The predicted molar refractivity (Wildman–Crippen MR) is 456 cm³/mol. The summed E-state index contributed by atoms with van der Waals surface area (Å²) in [7, 11) is 0. The second-order valence-electron chi connectivity index (χ2n) is 27.9. The number of hydrogen-bond acceptors (Lipinski definition) is 6. The van der Waals surface area contributed by atoms with Crippen LogP contribution in [0.4, 0.5) is 0 Å². The molecule has 0 aliphatic heterocycles. The fraction of sp³-hybridized carbons (Fsp3) is 0.175. The molecule has 108 heavy (non-hydrogen) atoms. The van der Waals surface area contributed by atoms with Crippen LogP contribution in [0.25, 0.3) is 165 Å². The molecule has 0 saturated heterocycles. The van der Waals surface area contributed by atoms with Crippen molar-refractivity contribution in [1.82, 2.24) is 32.8 Å². The van der Waals surface area contributed by atoms with Gasteiger partial charge in [0.15, 0.2) is 0 Å². The van der Waals surface area contributed by atoms with Crippen LogP contribution in [-0.2, 0) is 32.7 Å². The van der Waals surface area contributed by atoms with E-state index < -0.39 is 0 Å². The molecule has 0 fully saturated rings. The SMILES string of the molecule is CCCn1c2ccccc2c2cc(-c3ccc(C)o3)ccc21.CCCn1c2ccccc2c2cc(-c3ccc(C)s3)ccc21.CCCn1c2ccccc2c2cc(-c3ccccn3)ccc21.CCCn1c2ccccc2c2cc(-c3ccco3)ccc21.CCCn1c2ccccc2c2cc(-c3ncco3)ccc21. The number of benzene rings is 10. The summed E-state index contributed by atoms with van der Waals surface area (Å²) < 4.78 is 28.8. The van der Waals surface area contributed by atoms with E-state index in [9.17, 15) is 0 Å². The molecule has 0 spiro atoms. The monoisotopic (exact) mass is 1430 g/mol. The summed E-state index contributed by atoms with van der Waals surface area (Å²) in [5.74, 6) is 3.48. The van der Waals surface area contributed by atoms with Crippen molar-refractivity contribution in [2.45, 2.75) is 113 Å². The first kappa shape index (κ1) is 70.1. The van der Waals surface area contributed by atoms with E-state index in [0.717, 1.165) is 104 Å². The minimum absolute atomic E-state index is 0.671. The number of aryl methyl sites for hydroxylation is 7. The first-order chi connectivity index (χ1) is 53.2. The third kappa shape index (κ3) is 13.7. The highest BCUT2D eigenvalue weighted by Gasteiger charge is 2.18. The number of rotatable bonds is 15. The van der Waals surface area contributed by atoms with Crippen molar-refractivity contribution in [2.24, 2.45) is 0 Å². The predicted octanol–water partition coefficient (Wildman–Crippen LogP) is 27.6. The van der Waals surface area contributed by atoms with Gasteiger partial charge in [-0.15, -0.1) is 11.3 Å². The van der Waals surface area contributed by atoms with Gasteiger partial charge in [-0.05, 0) is 209 Å². The number of oxazole rings is 1. The summed E-state index contributed by atoms with van der Waals surface area (Å²) in [5.41, 5.74) is 19.9. The molecule has 0 N–H and O–H groups in total. The fourth-order valence-electron chi connectivity index (χ4n) is 15.9. The van der Waals surface area contributed by atoms with Gasteiger partial charge in [-0.2, -0.15) is 0 Å². The molecule has 20 aromatic rings. The first-order valence-electron chi connectivity index (χ1n) is 38.2. The van der Waals surface area contributed by atoms with Gasteiger partial charge in [-0.3, -0.25) is 4.98 Å². The zero-order valence-electron chi connectivity index (χ0n) is 62.5.